The van der Waals surface area contributed by atoms with Crippen molar-refractivity contribution in [1.29, 1.82) is 0 Å². The predicted molar refractivity (Wildman–Crippen MR) is 99.2 cm³/mol. The molecule has 1 aromatic heterocycles. The summed E-state index contributed by atoms with van der Waals surface area (Å²) in [5.74, 6) is 0.567. The molecule has 0 radical (unpaired) electrons. The van der Waals surface area contributed by atoms with Crippen molar-refractivity contribution in [3.63, 3.8) is 0 Å². The maximum Gasteiger partial charge on any atom is 0.263 e. The highest BCUT2D eigenvalue weighted by Gasteiger charge is 2.40. The standard InChI is InChI=1S/C19H29N3O2S/c23-18(17-16(21-14-25-17)15-5-1-2-6-15)20-13-19(7-11-24-12-8-19)22-9-3-4-10-22/h14-15H,1-13H2,(H,20,23). The summed E-state index contributed by atoms with van der Waals surface area (Å²) < 4.78 is 5.60. The lowest BCUT2D eigenvalue weighted by molar-refractivity contribution is -0.0178. The Labute approximate surface area is 154 Å². The molecule has 1 amide bonds. The van der Waals surface area contributed by atoms with Crippen molar-refractivity contribution in [2.75, 3.05) is 32.8 Å². The molecule has 25 heavy (non-hydrogen) atoms. The molecule has 0 spiro atoms. The van der Waals surface area contributed by atoms with E-state index in [1.165, 1.54) is 49.9 Å². The fourth-order valence-corrected chi connectivity index (χ4v) is 5.58. The van der Waals surface area contributed by atoms with Gasteiger partial charge in [0.2, 0.25) is 0 Å². The van der Waals surface area contributed by atoms with Crippen molar-refractivity contribution >= 4 is 17.2 Å². The first-order valence-electron chi connectivity index (χ1n) is 9.83. The van der Waals surface area contributed by atoms with Crippen LogP contribution in [0.15, 0.2) is 5.51 Å². The number of rotatable bonds is 5. The quantitative estimate of drug-likeness (QED) is 0.873. The SMILES string of the molecule is O=C(NCC1(N2CCCC2)CCOCC1)c1scnc1C1CCCC1. The number of ether oxygens (including phenoxy) is 1. The second-order valence-corrected chi connectivity index (χ2v) is 8.62. The summed E-state index contributed by atoms with van der Waals surface area (Å²) in [5.41, 5.74) is 2.97. The van der Waals surface area contributed by atoms with Gasteiger partial charge in [0.05, 0.1) is 11.2 Å². The molecular weight excluding hydrogens is 334 g/mol. The number of carbonyl (C=O) groups excluding carboxylic acids is 1. The highest BCUT2D eigenvalue weighted by atomic mass is 32.1. The maximum absolute atomic E-state index is 12.9. The normalized spacial score (nSPS) is 24.6. The fourth-order valence-electron chi connectivity index (χ4n) is 4.79. The number of amides is 1. The lowest BCUT2D eigenvalue weighted by Crippen LogP contribution is -2.57. The van der Waals surface area contributed by atoms with Crippen molar-refractivity contribution < 1.29 is 9.53 Å². The molecule has 4 rings (SSSR count). The number of thiazole rings is 1. The Kier molecular flexibility index (Phi) is 5.39. The number of carbonyl (C=O) groups is 1. The van der Waals surface area contributed by atoms with Crippen LogP contribution in [0.3, 0.4) is 0 Å². The van der Waals surface area contributed by atoms with Crippen molar-refractivity contribution in [3.05, 3.63) is 16.1 Å². The van der Waals surface area contributed by atoms with Gasteiger partial charge >= 0.3 is 0 Å². The largest absolute Gasteiger partial charge is 0.381 e. The lowest BCUT2D eigenvalue weighted by Gasteiger charge is -2.44. The van der Waals surface area contributed by atoms with Crippen LogP contribution in [0.5, 0.6) is 0 Å². The minimum Gasteiger partial charge on any atom is -0.381 e. The van der Waals surface area contributed by atoms with Crippen molar-refractivity contribution in [2.24, 2.45) is 0 Å². The summed E-state index contributed by atoms with van der Waals surface area (Å²) >= 11 is 1.50. The fraction of sp³-hybridized carbons (Fsp3) is 0.789. The van der Waals surface area contributed by atoms with E-state index in [1.54, 1.807) is 0 Å². The Hall–Kier alpha value is -0.980. The molecule has 1 N–H and O–H groups in total. The smallest absolute Gasteiger partial charge is 0.263 e. The molecule has 3 fully saturated rings. The van der Waals surface area contributed by atoms with Gasteiger partial charge in [0, 0.05) is 31.2 Å². The molecule has 0 bridgehead atoms. The summed E-state index contributed by atoms with van der Waals surface area (Å²) in [7, 11) is 0. The van der Waals surface area contributed by atoms with E-state index in [0.29, 0.717) is 5.92 Å². The van der Waals surface area contributed by atoms with E-state index in [1.807, 2.05) is 5.51 Å². The third-order valence-corrected chi connectivity index (χ3v) is 7.16. The Morgan fingerprint density at radius 3 is 2.68 bits per heavy atom. The van der Waals surface area contributed by atoms with Gasteiger partial charge in [0.25, 0.3) is 5.91 Å². The Morgan fingerprint density at radius 1 is 1.24 bits per heavy atom. The second-order valence-electron chi connectivity index (χ2n) is 7.76. The third kappa shape index (κ3) is 3.62. The monoisotopic (exact) mass is 363 g/mol. The summed E-state index contributed by atoms with van der Waals surface area (Å²) in [4.78, 5) is 20.9. The van der Waals surface area contributed by atoms with Gasteiger partial charge < -0.3 is 10.1 Å². The zero-order chi connectivity index (χ0) is 17.1. The number of hydrogen-bond acceptors (Lipinski definition) is 5. The molecule has 1 aliphatic carbocycles. The first-order chi connectivity index (χ1) is 12.3. The van der Waals surface area contributed by atoms with Gasteiger partial charge in [-0.25, -0.2) is 4.98 Å². The summed E-state index contributed by atoms with van der Waals surface area (Å²) in [6.07, 6.45) is 9.48. The zero-order valence-corrected chi connectivity index (χ0v) is 15.8. The van der Waals surface area contributed by atoms with Crippen molar-refractivity contribution in [1.82, 2.24) is 15.2 Å². The van der Waals surface area contributed by atoms with Gasteiger partial charge in [-0.15, -0.1) is 11.3 Å². The molecule has 6 heteroatoms. The minimum absolute atomic E-state index is 0.0782. The molecule has 3 aliphatic rings. The first kappa shape index (κ1) is 17.4. The Morgan fingerprint density at radius 2 is 1.96 bits per heavy atom. The first-order valence-corrected chi connectivity index (χ1v) is 10.7. The molecule has 0 aromatic carbocycles. The highest BCUT2D eigenvalue weighted by Crippen LogP contribution is 2.36. The van der Waals surface area contributed by atoms with Gasteiger partial charge in [-0.2, -0.15) is 0 Å². The van der Waals surface area contributed by atoms with E-state index in [-0.39, 0.29) is 11.4 Å². The molecule has 1 aromatic rings. The van der Waals surface area contributed by atoms with Crippen LogP contribution in [0.2, 0.25) is 0 Å². The zero-order valence-electron chi connectivity index (χ0n) is 15.0. The highest BCUT2D eigenvalue weighted by molar-refractivity contribution is 7.11. The van der Waals surface area contributed by atoms with Gasteiger partial charge in [-0.05, 0) is 51.6 Å². The topological polar surface area (TPSA) is 54.5 Å². The summed E-state index contributed by atoms with van der Waals surface area (Å²) in [6, 6.07) is 0. The summed E-state index contributed by atoms with van der Waals surface area (Å²) in [5, 5.41) is 3.27. The van der Waals surface area contributed by atoms with Crippen LogP contribution in [-0.2, 0) is 4.74 Å². The van der Waals surface area contributed by atoms with E-state index in [2.05, 4.69) is 15.2 Å². The van der Waals surface area contributed by atoms with Gasteiger partial charge in [-0.3, -0.25) is 9.69 Å². The molecule has 0 unspecified atom stereocenters. The van der Waals surface area contributed by atoms with E-state index in [0.717, 1.165) is 56.3 Å². The number of nitrogens with one attached hydrogen (secondary N) is 1. The number of likely N-dealkylation sites (tertiary alicyclic amines) is 1. The minimum atomic E-state index is 0.0782. The second kappa shape index (κ2) is 7.72. The van der Waals surface area contributed by atoms with Gasteiger partial charge in [-0.1, -0.05) is 12.8 Å². The Bertz CT molecular complexity index is 585. The van der Waals surface area contributed by atoms with Crippen LogP contribution < -0.4 is 5.32 Å². The van der Waals surface area contributed by atoms with Crippen LogP contribution in [0.1, 0.15) is 72.7 Å². The van der Waals surface area contributed by atoms with E-state index >= 15 is 0 Å². The molecule has 2 aliphatic heterocycles. The number of hydrogen-bond donors (Lipinski definition) is 1. The van der Waals surface area contributed by atoms with E-state index < -0.39 is 0 Å². The van der Waals surface area contributed by atoms with Gasteiger partial charge in [0.15, 0.2) is 0 Å². The molecule has 5 nitrogen and oxygen atoms in total. The van der Waals surface area contributed by atoms with Crippen molar-refractivity contribution in [3.8, 4) is 0 Å². The average Bonchev–Trinajstić information content (AvgIpc) is 3.42. The molecule has 1 saturated carbocycles. The molecule has 0 atom stereocenters. The maximum atomic E-state index is 12.9. The molecular formula is C19H29N3O2S. The van der Waals surface area contributed by atoms with E-state index in [9.17, 15) is 4.79 Å². The van der Waals surface area contributed by atoms with Crippen molar-refractivity contribution in [2.45, 2.75) is 62.8 Å². The number of aromatic nitrogens is 1. The molecule has 2 saturated heterocycles. The van der Waals surface area contributed by atoms with E-state index in [4.69, 9.17) is 4.74 Å². The average molecular weight is 364 g/mol. The van der Waals surface area contributed by atoms with Crippen LogP contribution in [0.4, 0.5) is 0 Å². The number of nitrogens with zero attached hydrogens (tertiary/aromatic N) is 2. The molecule has 3 heterocycles. The third-order valence-electron chi connectivity index (χ3n) is 6.32. The molecule has 138 valence electrons. The van der Waals surface area contributed by atoms with Gasteiger partial charge in [0.1, 0.15) is 4.88 Å². The van der Waals surface area contributed by atoms with Crippen LogP contribution in [0, 0.1) is 0 Å². The van der Waals surface area contributed by atoms with Crippen LogP contribution in [-0.4, -0.2) is 54.2 Å². The van der Waals surface area contributed by atoms with Crippen LogP contribution in [0.25, 0.3) is 0 Å². The predicted octanol–water partition coefficient (Wildman–Crippen LogP) is 3.18. The summed E-state index contributed by atoms with van der Waals surface area (Å²) in [6.45, 7) is 4.66. The van der Waals surface area contributed by atoms with Crippen LogP contribution >= 0.6 is 11.3 Å². The Balaban J connectivity index is 1.44. The lowest BCUT2D eigenvalue weighted by atomic mass is 9.88.